The fourth-order valence-electron chi connectivity index (χ4n) is 2.26. The Balaban J connectivity index is 2.11. The second-order valence-corrected chi connectivity index (χ2v) is 5.12. The Labute approximate surface area is 123 Å². The van der Waals surface area contributed by atoms with Gasteiger partial charge in [0.2, 0.25) is 0 Å². The molecule has 1 fully saturated rings. The van der Waals surface area contributed by atoms with Crippen LogP contribution in [0.5, 0.6) is 0 Å². The molecule has 0 unspecified atom stereocenters. The van der Waals surface area contributed by atoms with Crippen LogP contribution in [0.15, 0.2) is 4.99 Å². The Morgan fingerprint density at radius 3 is 2.70 bits per heavy atom. The Hall–Kier alpha value is -0.850. The van der Waals surface area contributed by atoms with Crippen LogP contribution in [-0.2, 0) is 4.74 Å². The third-order valence-corrected chi connectivity index (χ3v) is 3.50. The third-order valence-electron chi connectivity index (χ3n) is 3.50. The smallest absolute Gasteiger partial charge is 0.191 e. The molecule has 0 aliphatic carbocycles. The second-order valence-electron chi connectivity index (χ2n) is 5.12. The van der Waals surface area contributed by atoms with Gasteiger partial charge in [-0.25, -0.2) is 0 Å². The first-order valence-corrected chi connectivity index (χ1v) is 7.69. The van der Waals surface area contributed by atoms with Gasteiger partial charge in [-0.3, -0.25) is 4.99 Å². The maximum absolute atomic E-state index is 5.29. The van der Waals surface area contributed by atoms with Gasteiger partial charge in [0.15, 0.2) is 5.96 Å². The van der Waals surface area contributed by atoms with Crippen molar-refractivity contribution < 1.29 is 4.74 Å². The van der Waals surface area contributed by atoms with Crippen molar-refractivity contribution in [3.05, 3.63) is 0 Å². The van der Waals surface area contributed by atoms with Crippen LogP contribution in [-0.4, -0.2) is 88.9 Å². The minimum Gasteiger partial charge on any atom is -0.380 e. The molecule has 118 valence electrons. The Morgan fingerprint density at radius 2 is 1.95 bits per heavy atom. The molecule has 0 saturated carbocycles. The van der Waals surface area contributed by atoms with Crippen molar-refractivity contribution in [3.8, 4) is 0 Å². The van der Waals surface area contributed by atoms with Crippen LogP contribution in [0.4, 0.5) is 0 Å². The Kier molecular flexibility index (Phi) is 9.36. The van der Waals surface area contributed by atoms with Crippen LogP contribution < -0.4 is 10.6 Å². The number of ether oxygens (including phenoxy) is 1. The van der Waals surface area contributed by atoms with Crippen LogP contribution in [0, 0.1) is 0 Å². The summed E-state index contributed by atoms with van der Waals surface area (Å²) in [7, 11) is 4.00. The van der Waals surface area contributed by atoms with Crippen LogP contribution >= 0.6 is 0 Å². The predicted molar refractivity (Wildman–Crippen MR) is 84.4 cm³/mol. The lowest BCUT2D eigenvalue weighted by molar-refractivity contribution is 0.152. The van der Waals surface area contributed by atoms with Gasteiger partial charge in [-0.05, 0) is 33.5 Å². The van der Waals surface area contributed by atoms with Gasteiger partial charge in [-0.2, -0.15) is 0 Å². The maximum Gasteiger partial charge on any atom is 0.191 e. The summed E-state index contributed by atoms with van der Waals surface area (Å²) in [5.41, 5.74) is 0. The lowest BCUT2D eigenvalue weighted by Gasteiger charge is -2.21. The number of hydrogen-bond donors (Lipinski definition) is 2. The van der Waals surface area contributed by atoms with Crippen LogP contribution in [0.1, 0.15) is 13.3 Å². The summed E-state index contributed by atoms with van der Waals surface area (Å²) in [6, 6.07) is 0. The fraction of sp³-hybridized carbons (Fsp3) is 0.929. The highest BCUT2D eigenvalue weighted by molar-refractivity contribution is 5.79. The molecular weight excluding hydrogens is 254 g/mol. The zero-order valence-electron chi connectivity index (χ0n) is 13.3. The normalized spacial score (nSPS) is 18.9. The average molecular weight is 285 g/mol. The molecule has 1 aliphatic rings. The van der Waals surface area contributed by atoms with Gasteiger partial charge in [0.25, 0.3) is 0 Å². The maximum atomic E-state index is 5.29. The van der Waals surface area contributed by atoms with E-state index in [2.05, 4.69) is 32.5 Å². The lowest BCUT2D eigenvalue weighted by Crippen LogP contribution is -2.43. The summed E-state index contributed by atoms with van der Waals surface area (Å²) in [4.78, 5) is 9.13. The molecule has 1 aliphatic heterocycles. The molecule has 0 aromatic rings. The van der Waals surface area contributed by atoms with Crippen molar-refractivity contribution in [3.63, 3.8) is 0 Å². The van der Waals surface area contributed by atoms with E-state index in [9.17, 15) is 0 Å². The summed E-state index contributed by atoms with van der Waals surface area (Å²) in [5, 5.41) is 6.60. The quantitative estimate of drug-likeness (QED) is 0.386. The molecule has 0 radical (unpaired) electrons. The van der Waals surface area contributed by atoms with Crippen molar-refractivity contribution in [1.29, 1.82) is 0 Å². The first-order chi connectivity index (χ1) is 9.76. The molecule has 6 nitrogen and oxygen atoms in total. The van der Waals surface area contributed by atoms with Gasteiger partial charge >= 0.3 is 0 Å². The van der Waals surface area contributed by atoms with Gasteiger partial charge in [-0.1, -0.05) is 0 Å². The molecule has 0 amide bonds. The van der Waals surface area contributed by atoms with E-state index in [-0.39, 0.29) is 0 Å². The van der Waals surface area contributed by atoms with Crippen molar-refractivity contribution in [2.75, 3.05) is 73.1 Å². The second kappa shape index (κ2) is 10.9. The van der Waals surface area contributed by atoms with E-state index in [1.165, 1.54) is 26.1 Å². The van der Waals surface area contributed by atoms with E-state index >= 15 is 0 Å². The van der Waals surface area contributed by atoms with Crippen LogP contribution in [0.25, 0.3) is 0 Å². The number of aliphatic imine (C=N–C) groups is 1. The number of hydrogen-bond acceptors (Lipinski definition) is 4. The van der Waals surface area contributed by atoms with E-state index in [1.54, 1.807) is 7.05 Å². The molecule has 1 saturated heterocycles. The van der Waals surface area contributed by atoms with Gasteiger partial charge in [0.05, 0.1) is 6.61 Å². The number of guanidine groups is 1. The largest absolute Gasteiger partial charge is 0.380 e. The molecule has 0 aromatic heterocycles. The highest BCUT2D eigenvalue weighted by atomic mass is 16.5. The zero-order chi connectivity index (χ0) is 14.6. The van der Waals surface area contributed by atoms with Gasteiger partial charge in [-0.15, -0.1) is 0 Å². The molecule has 0 aromatic carbocycles. The van der Waals surface area contributed by atoms with E-state index < -0.39 is 0 Å². The number of rotatable bonds is 7. The third kappa shape index (κ3) is 7.67. The summed E-state index contributed by atoms with van der Waals surface area (Å²) in [6.07, 6.45) is 1.26. The molecule has 20 heavy (non-hydrogen) atoms. The first-order valence-electron chi connectivity index (χ1n) is 7.69. The lowest BCUT2D eigenvalue weighted by atomic mass is 10.4. The highest BCUT2D eigenvalue weighted by Gasteiger charge is 2.11. The van der Waals surface area contributed by atoms with Crippen molar-refractivity contribution in [2.24, 2.45) is 4.99 Å². The predicted octanol–water partition coefficient (Wildman–Crippen LogP) is -0.175. The first kappa shape index (κ1) is 17.2. The number of nitrogens with zero attached hydrogens (tertiary/aromatic N) is 3. The average Bonchev–Trinajstić information content (AvgIpc) is 2.66. The zero-order valence-corrected chi connectivity index (χ0v) is 13.3. The van der Waals surface area contributed by atoms with Gasteiger partial charge < -0.3 is 25.2 Å². The molecule has 0 spiro atoms. The van der Waals surface area contributed by atoms with E-state index in [0.717, 1.165) is 45.4 Å². The molecule has 6 heteroatoms. The summed E-state index contributed by atoms with van der Waals surface area (Å²) < 4.78 is 5.29. The Morgan fingerprint density at radius 1 is 1.15 bits per heavy atom. The van der Waals surface area contributed by atoms with Gasteiger partial charge in [0, 0.05) is 46.4 Å². The monoisotopic (exact) mass is 285 g/mol. The molecule has 0 bridgehead atoms. The van der Waals surface area contributed by atoms with Crippen molar-refractivity contribution in [2.45, 2.75) is 13.3 Å². The SMILES string of the molecule is CCOCCNC(=NC)NCCN1CCCN(C)CC1. The standard InChI is InChI=1S/C14H31N5O/c1-4-20-13-7-17-14(15-2)16-6-10-19-9-5-8-18(3)11-12-19/h4-13H2,1-3H3,(H2,15,16,17). The fourth-order valence-corrected chi connectivity index (χ4v) is 2.26. The minimum absolute atomic E-state index is 0.718. The topological polar surface area (TPSA) is 52.1 Å². The van der Waals surface area contributed by atoms with Crippen LogP contribution in [0.2, 0.25) is 0 Å². The van der Waals surface area contributed by atoms with Crippen molar-refractivity contribution >= 4 is 5.96 Å². The number of nitrogens with one attached hydrogen (secondary N) is 2. The van der Waals surface area contributed by atoms with E-state index in [1.807, 2.05) is 6.92 Å². The highest BCUT2D eigenvalue weighted by Crippen LogP contribution is 1.99. The van der Waals surface area contributed by atoms with E-state index in [4.69, 9.17) is 4.74 Å². The molecule has 1 rings (SSSR count). The number of likely N-dealkylation sites (N-methyl/N-ethyl adjacent to an activating group) is 1. The van der Waals surface area contributed by atoms with E-state index in [0.29, 0.717) is 0 Å². The Bertz CT molecular complexity index is 272. The molecular formula is C14H31N5O. The summed E-state index contributed by atoms with van der Waals surface area (Å²) >= 11 is 0. The van der Waals surface area contributed by atoms with Crippen LogP contribution in [0.3, 0.4) is 0 Å². The minimum atomic E-state index is 0.718. The van der Waals surface area contributed by atoms with Gasteiger partial charge in [0.1, 0.15) is 0 Å². The van der Waals surface area contributed by atoms with Crippen molar-refractivity contribution in [1.82, 2.24) is 20.4 Å². The molecule has 0 atom stereocenters. The molecule has 2 N–H and O–H groups in total. The molecule has 1 heterocycles. The summed E-state index contributed by atoms with van der Waals surface area (Å²) in [6.45, 7) is 11.0. The summed E-state index contributed by atoms with van der Waals surface area (Å²) in [5.74, 6) is 0.858.